The number of hydrogen-bond donors (Lipinski definition) is 1. The zero-order chi connectivity index (χ0) is 14.8. The van der Waals surface area contributed by atoms with Gasteiger partial charge in [0.2, 0.25) is 0 Å². The minimum Gasteiger partial charge on any atom is -0.392 e. The maximum atomic E-state index is 10.5. The highest BCUT2D eigenvalue weighted by Gasteiger charge is 2.24. The van der Waals surface area contributed by atoms with E-state index in [1.807, 2.05) is 12.1 Å². The van der Waals surface area contributed by atoms with Crippen LogP contribution >= 0.6 is 23.2 Å². The Labute approximate surface area is 135 Å². The van der Waals surface area contributed by atoms with Gasteiger partial charge in [0.15, 0.2) is 0 Å². The van der Waals surface area contributed by atoms with Crippen LogP contribution in [0.15, 0.2) is 42.5 Å². The molecular weight excluding hydrogens is 303 g/mol. The molecule has 0 bridgehead atoms. The third kappa shape index (κ3) is 3.42. The molecule has 1 aliphatic rings. The summed E-state index contributed by atoms with van der Waals surface area (Å²) in [5.74, 6) is 0.314. The Hall–Kier alpha value is -1.02. The first-order valence-electron chi connectivity index (χ1n) is 7.32. The molecule has 0 spiro atoms. The summed E-state index contributed by atoms with van der Waals surface area (Å²) >= 11 is 12.0. The molecule has 3 heteroatoms. The van der Waals surface area contributed by atoms with Crippen LogP contribution in [0.2, 0.25) is 10.0 Å². The van der Waals surface area contributed by atoms with Gasteiger partial charge >= 0.3 is 0 Å². The average Bonchev–Trinajstić information content (AvgIpc) is 2.50. The zero-order valence-electron chi connectivity index (χ0n) is 11.7. The Balaban J connectivity index is 1.69. The smallest absolute Gasteiger partial charge is 0.0612 e. The Morgan fingerprint density at radius 1 is 1.05 bits per heavy atom. The van der Waals surface area contributed by atoms with Crippen LogP contribution in [0.4, 0.5) is 0 Å². The molecule has 2 aromatic carbocycles. The molecule has 0 fully saturated rings. The van der Waals surface area contributed by atoms with Gasteiger partial charge in [-0.05, 0) is 60.4 Å². The van der Waals surface area contributed by atoms with E-state index in [0.717, 1.165) is 24.8 Å². The number of hydrogen-bond acceptors (Lipinski definition) is 1. The molecule has 110 valence electrons. The number of benzene rings is 2. The van der Waals surface area contributed by atoms with Gasteiger partial charge in [-0.1, -0.05) is 53.5 Å². The van der Waals surface area contributed by atoms with Crippen molar-refractivity contribution in [1.29, 1.82) is 0 Å². The highest BCUT2D eigenvalue weighted by molar-refractivity contribution is 6.42. The average molecular weight is 321 g/mol. The van der Waals surface area contributed by atoms with Gasteiger partial charge < -0.3 is 5.11 Å². The molecule has 0 radical (unpaired) electrons. The summed E-state index contributed by atoms with van der Waals surface area (Å²) in [6, 6.07) is 14.1. The van der Waals surface area contributed by atoms with Crippen molar-refractivity contribution in [2.75, 3.05) is 0 Å². The van der Waals surface area contributed by atoms with E-state index in [0.29, 0.717) is 22.4 Å². The van der Waals surface area contributed by atoms with Crippen LogP contribution < -0.4 is 0 Å². The molecule has 2 atom stereocenters. The van der Waals surface area contributed by atoms with Crippen molar-refractivity contribution in [1.82, 2.24) is 0 Å². The van der Waals surface area contributed by atoms with Gasteiger partial charge in [-0.15, -0.1) is 0 Å². The molecule has 1 aliphatic carbocycles. The first-order chi connectivity index (χ1) is 10.1. The third-order valence-corrected chi connectivity index (χ3v) is 5.10. The summed E-state index contributed by atoms with van der Waals surface area (Å²) in [5, 5.41) is 11.6. The fraction of sp³-hybridized carbons (Fsp3) is 0.333. The van der Waals surface area contributed by atoms with E-state index in [-0.39, 0.29) is 6.10 Å². The van der Waals surface area contributed by atoms with E-state index >= 15 is 0 Å². The second-order valence-electron chi connectivity index (χ2n) is 5.79. The molecular formula is C18H18Cl2O. The number of aryl methyl sites for hydroxylation is 1. The normalized spacial score (nSPS) is 19.1. The lowest BCUT2D eigenvalue weighted by Gasteiger charge is -2.28. The summed E-state index contributed by atoms with van der Waals surface area (Å²) in [6.07, 6.45) is 3.34. The molecule has 1 nitrogen and oxygen atoms in total. The third-order valence-electron chi connectivity index (χ3n) is 4.36. The van der Waals surface area contributed by atoms with Crippen LogP contribution in [-0.4, -0.2) is 11.2 Å². The topological polar surface area (TPSA) is 20.2 Å². The second-order valence-corrected chi connectivity index (χ2v) is 6.61. The van der Waals surface area contributed by atoms with Gasteiger partial charge in [0.05, 0.1) is 16.1 Å². The summed E-state index contributed by atoms with van der Waals surface area (Å²) in [4.78, 5) is 0. The fourth-order valence-electron chi connectivity index (χ4n) is 3.13. The van der Waals surface area contributed by atoms with Gasteiger partial charge in [0.25, 0.3) is 0 Å². The Morgan fingerprint density at radius 3 is 2.57 bits per heavy atom. The van der Waals surface area contributed by atoms with Crippen LogP contribution in [0.3, 0.4) is 0 Å². The van der Waals surface area contributed by atoms with Crippen LogP contribution in [0.1, 0.15) is 23.1 Å². The van der Waals surface area contributed by atoms with Gasteiger partial charge in [0.1, 0.15) is 0 Å². The Kier molecular flexibility index (Phi) is 4.54. The summed E-state index contributed by atoms with van der Waals surface area (Å²) < 4.78 is 0. The van der Waals surface area contributed by atoms with E-state index in [2.05, 4.69) is 24.3 Å². The number of rotatable bonds is 3. The number of halogens is 2. The summed E-state index contributed by atoms with van der Waals surface area (Å²) in [7, 11) is 0. The second kappa shape index (κ2) is 6.39. The predicted octanol–water partition coefficient (Wildman–Crippen LogP) is 4.70. The minimum atomic E-state index is -0.337. The first kappa shape index (κ1) is 14.9. The van der Waals surface area contributed by atoms with Gasteiger partial charge in [0, 0.05) is 0 Å². The lowest BCUT2D eigenvalue weighted by Crippen LogP contribution is -2.28. The molecule has 2 unspecified atom stereocenters. The van der Waals surface area contributed by atoms with E-state index in [1.165, 1.54) is 11.1 Å². The number of aliphatic hydroxyl groups excluding tert-OH is 1. The molecule has 0 saturated heterocycles. The van der Waals surface area contributed by atoms with E-state index in [1.54, 1.807) is 6.07 Å². The Bertz CT molecular complexity index is 639. The highest BCUT2D eigenvalue weighted by atomic mass is 35.5. The van der Waals surface area contributed by atoms with Crippen LogP contribution in [0, 0.1) is 5.92 Å². The summed E-state index contributed by atoms with van der Waals surface area (Å²) in [5.41, 5.74) is 3.84. The number of fused-ring (bicyclic) bond motifs is 1. The molecule has 0 saturated carbocycles. The highest BCUT2D eigenvalue weighted by Crippen LogP contribution is 2.30. The quantitative estimate of drug-likeness (QED) is 0.868. The molecule has 1 N–H and O–H groups in total. The molecule has 0 aromatic heterocycles. The van der Waals surface area contributed by atoms with Crippen LogP contribution in [0.25, 0.3) is 0 Å². The maximum Gasteiger partial charge on any atom is 0.0612 e. The monoisotopic (exact) mass is 320 g/mol. The standard InChI is InChI=1S/C18H18Cl2O/c19-16-8-5-12(9-17(16)20)10-18(21)15-7-6-13-3-1-2-4-14(13)11-15/h1-5,8-9,15,18,21H,6-7,10-11H2. The molecule has 2 aromatic rings. The fourth-order valence-corrected chi connectivity index (χ4v) is 3.45. The van der Waals surface area contributed by atoms with E-state index in [4.69, 9.17) is 23.2 Å². The van der Waals surface area contributed by atoms with Crippen LogP contribution in [0.5, 0.6) is 0 Å². The molecule has 0 amide bonds. The largest absolute Gasteiger partial charge is 0.392 e. The SMILES string of the molecule is OC(Cc1ccc(Cl)c(Cl)c1)C1CCc2ccccc2C1. The van der Waals surface area contributed by atoms with Crippen molar-refractivity contribution in [3.63, 3.8) is 0 Å². The van der Waals surface area contributed by atoms with Crippen molar-refractivity contribution < 1.29 is 5.11 Å². The minimum absolute atomic E-state index is 0.314. The van der Waals surface area contributed by atoms with E-state index < -0.39 is 0 Å². The van der Waals surface area contributed by atoms with Gasteiger partial charge in [-0.25, -0.2) is 0 Å². The van der Waals surface area contributed by atoms with Crippen LogP contribution in [-0.2, 0) is 19.3 Å². The van der Waals surface area contributed by atoms with Crippen molar-refractivity contribution >= 4 is 23.2 Å². The zero-order valence-corrected chi connectivity index (χ0v) is 13.2. The van der Waals surface area contributed by atoms with Crippen molar-refractivity contribution in [3.05, 3.63) is 69.2 Å². The van der Waals surface area contributed by atoms with Crippen molar-refractivity contribution in [2.45, 2.75) is 31.8 Å². The molecule has 3 rings (SSSR count). The maximum absolute atomic E-state index is 10.5. The Morgan fingerprint density at radius 2 is 1.81 bits per heavy atom. The summed E-state index contributed by atoms with van der Waals surface area (Å²) in [6.45, 7) is 0. The first-order valence-corrected chi connectivity index (χ1v) is 8.08. The number of aliphatic hydroxyl groups is 1. The molecule has 21 heavy (non-hydrogen) atoms. The van der Waals surface area contributed by atoms with Crippen molar-refractivity contribution in [3.8, 4) is 0 Å². The van der Waals surface area contributed by atoms with Gasteiger partial charge in [-0.3, -0.25) is 0 Å². The van der Waals surface area contributed by atoms with E-state index in [9.17, 15) is 5.11 Å². The molecule has 0 aliphatic heterocycles. The lowest BCUT2D eigenvalue weighted by atomic mass is 9.79. The van der Waals surface area contributed by atoms with Crippen molar-refractivity contribution in [2.24, 2.45) is 5.92 Å². The predicted molar refractivity (Wildman–Crippen MR) is 88.1 cm³/mol. The van der Waals surface area contributed by atoms with Gasteiger partial charge in [-0.2, -0.15) is 0 Å². The lowest BCUT2D eigenvalue weighted by molar-refractivity contribution is 0.0993. The molecule has 0 heterocycles.